The number of carboxylic acids is 1. The van der Waals surface area contributed by atoms with Crippen molar-refractivity contribution in [2.75, 3.05) is 53.4 Å². The maximum Gasteiger partial charge on any atom is 0.317 e. The zero-order chi connectivity index (χ0) is 19.8. The number of piperidine rings is 1. The third-order valence-electron chi connectivity index (χ3n) is 4.86. The number of likely N-dealkylation sites (N-methyl/N-ethyl adjacent to an activating group) is 2. The van der Waals surface area contributed by atoms with Gasteiger partial charge in [0.05, 0.1) is 19.6 Å². The lowest BCUT2D eigenvalue weighted by molar-refractivity contribution is -0.138. The summed E-state index contributed by atoms with van der Waals surface area (Å²) < 4.78 is 5.62. The minimum atomic E-state index is -0.808. The summed E-state index contributed by atoms with van der Waals surface area (Å²) in [5, 5.41) is 9.54. The average Bonchev–Trinajstić information content (AvgIpc) is 2.63. The van der Waals surface area contributed by atoms with Gasteiger partial charge in [0.15, 0.2) is 0 Å². The predicted molar refractivity (Wildman–Crippen MR) is 112 cm³/mol. The first-order valence-electron chi connectivity index (χ1n) is 9.12. The van der Waals surface area contributed by atoms with Crippen LogP contribution in [0.15, 0.2) is 24.3 Å². The quantitative estimate of drug-likeness (QED) is 0.642. The highest BCUT2D eigenvalue weighted by Crippen LogP contribution is 2.16. The number of halogens is 2. The molecule has 1 aromatic rings. The van der Waals surface area contributed by atoms with E-state index in [0.717, 1.165) is 31.7 Å². The monoisotopic (exact) mass is 433 g/mol. The second-order valence-electron chi connectivity index (χ2n) is 6.93. The number of amides is 1. The van der Waals surface area contributed by atoms with Gasteiger partial charge in [-0.25, -0.2) is 0 Å². The van der Waals surface area contributed by atoms with Crippen molar-refractivity contribution in [3.8, 4) is 5.75 Å². The van der Waals surface area contributed by atoms with E-state index in [1.54, 1.807) is 36.2 Å². The topological polar surface area (TPSA) is 73.3 Å². The van der Waals surface area contributed by atoms with E-state index < -0.39 is 5.97 Å². The van der Waals surface area contributed by atoms with Crippen molar-refractivity contribution in [1.82, 2.24) is 14.7 Å². The number of likely N-dealkylation sites (tertiary alicyclic amines) is 1. The zero-order valence-corrected chi connectivity index (χ0v) is 17.9. The normalized spacial score (nSPS) is 15.1. The molecule has 1 N–H and O–H groups in total. The van der Waals surface area contributed by atoms with E-state index in [-0.39, 0.29) is 30.9 Å². The Morgan fingerprint density at radius 1 is 1.21 bits per heavy atom. The Hall–Kier alpha value is -1.54. The van der Waals surface area contributed by atoms with Crippen LogP contribution in [0.3, 0.4) is 0 Å². The van der Waals surface area contributed by atoms with Crippen molar-refractivity contribution in [2.45, 2.75) is 18.9 Å². The minimum absolute atomic E-state index is 0. The third-order valence-corrected chi connectivity index (χ3v) is 5.11. The Morgan fingerprint density at radius 3 is 2.39 bits per heavy atom. The number of aliphatic carboxylic acids is 1. The molecule has 0 bridgehead atoms. The summed E-state index contributed by atoms with van der Waals surface area (Å²) in [6, 6.07) is 7.40. The standard InChI is InChI=1S/C19H28ClN3O4.ClH/c1-21(11-12-27-17-5-3-15(20)4-6-17)18(24)13-23-9-7-16(8-10-23)22(2)14-19(25)26;/h3-6,16H,7-14H2,1-2H3,(H,25,26);1H. The molecule has 0 unspecified atom stereocenters. The molecule has 1 amide bonds. The van der Waals surface area contributed by atoms with E-state index in [9.17, 15) is 9.59 Å². The molecule has 0 atom stereocenters. The third kappa shape index (κ3) is 8.22. The van der Waals surface area contributed by atoms with Crippen LogP contribution in [0.25, 0.3) is 0 Å². The minimum Gasteiger partial charge on any atom is -0.492 e. The molecule has 1 aliphatic heterocycles. The van der Waals surface area contributed by atoms with Gasteiger partial charge < -0.3 is 14.7 Å². The number of carbonyl (C=O) groups excluding carboxylic acids is 1. The molecule has 2 rings (SSSR count). The Morgan fingerprint density at radius 2 is 1.82 bits per heavy atom. The van der Waals surface area contributed by atoms with Crippen molar-refractivity contribution in [3.63, 3.8) is 0 Å². The number of hydrogen-bond acceptors (Lipinski definition) is 5. The van der Waals surface area contributed by atoms with Crippen LogP contribution in [0, 0.1) is 0 Å². The number of carbonyl (C=O) groups is 2. The van der Waals surface area contributed by atoms with E-state index in [1.165, 1.54) is 0 Å². The molecule has 1 fully saturated rings. The number of ether oxygens (including phenoxy) is 1. The number of rotatable bonds is 9. The number of nitrogens with zero attached hydrogens (tertiary/aromatic N) is 3. The van der Waals surface area contributed by atoms with Gasteiger partial charge in [-0.15, -0.1) is 12.4 Å². The lowest BCUT2D eigenvalue weighted by Crippen LogP contribution is -2.48. The molecule has 0 radical (unpaired) electrons. The Balaban J connectivity index is 0.00000392. The molecule has 0 aromatic heterocycles. The largest absolute Gasteiger partial charge is 0.492 e. The fourth-order valence-electron chi connectivity index (χ4n) is 3.13. The van der Waals surface area contributed by atoms with Crippen LogP contribution >= 0.6 is 24.0 Å². The van der Waals surface area contributed by atoms with Gasteiger partial charge in [0, 0.05) is 31.2 Å². The summed E-state index contributed by atoms with van der Waals surface area (Å²) in [5.74, 6) is -0.0163. The SMILES string of the molecule is CN(CCOc1ccc(Cl)cc1)C(=O)CN1CCC(N(C)CC(=O)O)CC1.Cl. The molecule has 0 saturated carbocycles. The molecule has 28 heavy (non-hydrogen) atoms. The van der Waals surface area contributed by atoms with Crippen LogP contribution < -0.4 is 4.74 Å². The van der Waals surface area contributed by atoms with Gasteiger partial charge in [-0.05, 0) is 44.2 Å². The smallest absolute Gasteiger partial charge is 0.317 e. The van der Waals surface area contributed by atoms with Crippen molar-refractivity contribution < 1.29 is 19.4 Å². The molecule has 1 aliphatic rings. The Bertz CT molecular complexity index is 622. The van der Waals surface area contributed by atoms with Crippen molar-refractivity contribution >= 4 is 35.9 Å². The van der Waals surface area contributed by atoms with E-state index >= 15 is 0 Å². The van der Waals surface area contributed by atoms with Crippen molar-refractivity contribution in [2.24, 2.45) is 0 Å². The second-order valence-corrected chi connectivity index (χ2v) is 7.37. The van der Waals surface area contributed by atoms with Gasteiger partial charge >= 0.3 is 5.97 Å². The highest BCUT2D eigenvalue weighted by atomic mass is 35.5. The molecule has 0 aliphatic carbocycles. The molecule has 1 saturated heterocycles. The average molecular weight is 434 g/mol. The Labute approximate surface area is 177 Å². The molecular formula is C19H29Cl2N3O4. The van der Waals surface area contributed by atoms with Gasteiger partial charge in [-0.2, -0.15) is 0 Å². The molecule has 158 valence electrons. The second kappa shape index (κ2) is 12.1. The fourth-order valence-corrected chi connectivity index (χ4v) is 3.25. The van der Waals surface area contributed by atoms with Gasteiger partial charge in [0.25, 0.3) is 0 Å². The maximum atomic E-state index is 12.4. The first-order chi connectivity index (χ1) is 12.8. The first kappa shape index (κ1) is 24.5. The number of benzene rings is 1. The summed E-state index contributed by atoms with van der Waals surface area (Å²) in [6.07, 6.45) is 1.75. The summed E-state index contributed by atoms with van der Waals surface area (Å²) in [7, 11) is 3.62. The van der Waals surface area contributed by atoms with E-state index in [4.69, 9.17) is 21.4 Å². The number of hydrogen-bond donors (Lipinski definition) is 1. The predicted octanol–water partition coefficient (Wildman–Crippen LogP) is 2.08. The lowest BCUT2D eigenvalue weighted by Gasteiger charge is -2.36. The van der Waals surface area contributed by atoms with E-state index in [1.807, 2.05) is 11.9 Å². The van der Waals surface area contributed by atoms with Crippen LogP contribution in [-0.4, -0.2) is 91.2 Å². The van der Waals surface area contributed by atoms with Gasteiger partial charge in [0.1, 0.15) is 12.4 Å². The highest BCUT2D eigenvalue weighted by Gasteiger charge is 2.25. The molecule has 0 spiro atoms. The molecule has 1 heterocycles. The lowest BCUT2D eigenvalue weighted by atomic mass is 10.0. The molecule has 9 heteroatoms. The van der Waals surface area contributed by atoms with Crippen LogP contribution in [0.5, 0.6) is 5.75 Å². The van der Waals surface area contributed by atoms with Crippen LogP contribution in [0.4, 0.5) is 0 Å². The Kier molecular flexibility index (Phi) is 10.6. The molecular weight excluding hydrogens is 405 g/mol. The molecule has 7 nitrogen and oxygen atoms in total. The summed E-state index contributed by atoms with van der Waals surface area (Å²) in [5.41, 5.74) is 0. The van der Waals surface area contributed by atoms with E-state index in [2.05, 4.69) is 4.90 Å². The summed E-state index contributed by atoms with van der Waals surface area (Å²) >= 11 is 5.84. The van der Waals surface area contributed by atoms with Crippen LogP contribution in [-0.2, 0) is 9.59 Å². The maximum absolute atomic E-state index is 12.4. The summed E-state index contributed by atoms with van der Waals surface area (Å²) in [4.78, 5) is 28.9. The van der Waals surface area contributed by atoms with Gasteiger partial charge in [-0.3, -0.25) is 19.4 Å². The van der Waals surface area contributed by atoms with Gasteiger partial charge in [0.2, 0.25) is 5.91 Å². The van der Waals surface area contributed by atoms with Crippen molar-refractivity contribution in [3.05, 3.63) is 29.3 Å². The zero-order valence-electron chi connectivity index (χ0n) is 16.3. The fraction of sp³-hybridized carbons (Fsp3) is 0.579. The highest BCUT2D eigenvalue weighted by molar-refractivity contribution is 6.30. The van der Waals surface area contributed by atoms with Gasteiger partial charge in [-0.1, -0.05) is 11.6 Å². The van der Waals surface area contributed by atoms with Crippen molar-refractivity contribution in [1.29, 1.82) is 0 Å². The first-order valence-corrected chi connectivity index (χ1v) is 9.49. The molecule has 1 aromatic carbocycles. The van der Waals surface area contributed by atoms with E-state index in [0.29, 0.717) is 24.7 Å². The van der Waals surface area contributed by atoms with Crippen LogP contribution in [0.1, 0.15) is 12.8 Å². The van der Waals surface area contributed by atoms with Crippen LogP contribution in [0.2, 0.25) is 5.02 Å². The number of carboxylic acid groups (broad SMARTS) is 1. The summed E-state index contributed by atoms with van der Waals surface area (Å²) in [6.45, 7) is 2.98.